The predicted octanol–water partition coefficient (Wildman–Crippen LogP) is 5.71. The largest absolute Gasteiger partial charge is 0.463 e. The molecular formula is C27H55N3O2. The highest BCUT2D eigenvalue weighted by Gasteiger charge is 2.26. The molecule has 5 nitrogen and oxygen atoms in total. The molecule has 0 spiro atoms. The normalized spacial score (nSPS) is 24.3. The summed E-state index contributed by atoms with van der Waals surface area (Å²) in [7, 11) is 0. The molecule has 0 amide bonds. The van der Waals surface area contributed by atoms with Crippen LogP contribution in [0.3, 0.4) is 0 Å². The summed E-state index contributed by atoms with van der Waals surface area (Å²) in [4.78, 5) is 10.8. The fourth-order valence-corrected chi connectivity index (χ4v) is 4.18. The third-order valence-corrected chi connectivity index (χ3v) is 5.60. The van der Waals surface area contributed by atoms with Gasteiger partial charge in [0.2, 0.25) is 0 Å². The summed E-state index contributed by atoms with van der Waals surface area (Å²) in [5.41, 5.74) is 0.838. The summed E-state index contributed by atoms with van der Waals surface area (Å²) in [5, 5.41) is 10.6. The van der Waals surface area contributed by atoms with Gasteiger partial charge in [-0.1, -0.05) is 6.42 Å². The second-order valence-electron chi connectivity index (χ2n) is 13.2. The van der Waals surface area contributed by atoms with E-state index in [9.17, 15) is 4.79 Å². The number of carbonyl (C=O) groups is 1. The maximum Gasteiger partial charge on any atom is 0.302 e. The molecule has 32 heavy (non-hydrogen) atoms. The van der Waals surface area contributed by atoms with Crippen LogP contribution in [-0.4, -0.2) is 46.8 Å². The van der Waals surface area contributed by atoms with Crippen LogP contribution in [0.25, 0.3) is 0 Å². The lowest BCUT2D eigenvalue weighted by atomic mass is 9.91. The molecule has 3 aliphatic carbocycles. The Kier molecular flexibility index (Phi) is 11.7. The Morgan fingerprint density at radius 2 is 0.906 bits per heavy atom. The lowest BCUT2D eigenvalue weighted by Gasteiger charge is -2.34. The van der Waals surface area contributed by atoms with Gasteiger partial charge in [0.1, 0.15) is 6.10 Å². The minimum absolute atomic E-state index is 0.151. The molecule has 190 valence electrons. The van der Waals surface area contributed by atoms with Gasteiger partial charge in [0.05, 0.1) is 0 Å². The van der Waals surface area contributed by atoms with E-state index in [0.29, 0.717) is 17.1 Å². The van der Waals surface area contributed by atoms with Crippen molar-refractivity contribution >= 4 is 5.97 Å². The zero-order valence-corrected chi connectivity index (χ0v) is 23.0. The first-order chi connectivity index (χ1) is 14.5. The van der Waals surface area contributed by atoms with Crippen molar-refractivity contribution in [1.29, 1.82) is 0 Å². The third kappa shape index (κ3) is 16.9. The topological polar surface area (TPSA) is 62.4 Å². The molecule has 0 heterocycles. The average Bonchev–Trinajstić information content (AvgIpc) is 3.34. The van der Waals surface area contributed by atoms with Gasteiger partial charge in [-0.15, -0.1) is 0 Å². The van der Waals surface area contributed by atoms with Crippen molar-refractivity contribution in [2.45, 2.75) is 168 Å². The summed E-state index contributed by atoms with van der Waals surface area (Å²) < 4.78 is 5.20. The summed E-state index contributed by atoms with van der Waals surface area (Å²) in [5.74, 6) is -0.151. The van der Waals surface area contributed by atoms with E-state index in [2.05, 4.69) is 78.3 Å². The first-order valence-electron chi connectivity index (χ1n) is 13.0. The van der Waals surface area contributed by atoms with Gasteiger partial charge in [0.15, 0.2) is 0 Å². The van der Waals surface area contributed by atoms with Crippen molar-refractivity contribution in [2.24, 2.45) is 0 Å². The number of nitrogens with one attached hydrogen (secondary N) is 3. The molecule has 5 heteroatoms. The average molecular weight is 454 g/mol. The Bertz CT molecular complexity index is 527. The van der Waals surface area contributed by atoms with Crippen molar-refractivity contribution in [2.75, 3.05) is 0 Å². The number of hydrogen-bond acceptors (Lipinski definition) is 5. The van der Waals surface area contributed by atoms with E-state index in [1.165, 1.54) is 39.0 Å². The summed E-state index contributed by atoms with van der Waals surface area (Å²) in [6.07, 6.45) is 11.3. The summed E-state index contributed by atoms with van der Waals surface area (Å²) in [6, 6.07) is 2.25. The number of esters is 1. The van der Waals surface area contributed by atoms with Gasteiger partial charge in [-0.05, 0) is 114 Å². The van der Waals surface area contributed by atoms with Crippen LogP contribution in [0.1, 0.15) is 127 Å². The Hall–Kier alpha value is -0.650. The SMILES string of the molecule is CC(=O)OC1CCC(NC(C)(C)C)CC1.CC(C)(C)NC1CC1.CC(C)(C)NC1CCC1. The highest BCUT2D eigenvalue weighted by molar-refractivity contribution is 5.66. The van der Waals surface area contributed by atoms with Gasteiger partial charge >= 0.3 is 5.97 Å². The van der Waals surface area contributed by atoms with E-state index in [1.54, 1.807) is 0 Å². The molecule has 3 aliphatic rings. The number of rotatable bonds is 4. The highest BCUT2D eigenvalue weighted by atomic mass is 16.5. The van der Waals surface area contributed by atoms with Crippen LogP contribution in [0.5, 0.6) is 0 Å². The van der Waals surface area contributed by atoms with Gasteiger partial charge < -0.3 is 20.7 Å². The molecular weight excluding hydrogens is 398 g/mol. The molecule has 0 aromatic rings. The molecule has 0 atom stereocenters. The molecule has 0 radical (unpaired) electrons. The summed E-state index contributed by atoms with van der Waals surface area (Å²) >= 11 is 0. The number of hydrogen-bond donors (Lipinski definition) is 3. The van der Waals surface area contributed by atoms with E-state index in [0.717, 1.165) is 37.8 Å². The molecule has 0 aliphatic heterocycles. The zero-order valence-electron chi connectivity index (χ0n) is 23.0. The van der Waals surface area contributed by atoms with Crippen molar-refractivity contribution in [3.8, 4) is 0 Å². The maximum atomic E-state index is 10.8. The van der Waals surface area contributed by atoms with E-state index in [1.807, 2.05) is 0 Å². The maximum absolute atomic E-state index is 10.8. The number of carbonyl (C=O) groups excluding carboxylic acids is 1. The molecule has 0 aromatic heterocycles. The van der Waals surface area contributed by atoms with Crippen LogP contribution in [0.15, 0.2) is 0 Å². The van der Waals surface area contributed by atoms with Crippen molar-refractivity contribution in [3.63, 3.8) is 0 Å². The van der Waals surface area contributed by atoms with E-state index in [4.69, 9.17) is 4.74 Å². The van der Waals surface area contributed by atoms with Crippen LogP contribution in [0, 0.1) is 0 Å². The van der Waals surface area contributed by atoms with E-state index >= 15 is 0 Å². The van der Waals surface area contributed by atoms with Gasteiger partial charge in [-0.25, -0.2) is 0 Å². The van der Waals surface area contributed by atoms with Crippen LogP contribution < -0.4 is 16.0 Å². The van der Waals surface area contributed by atoms with Gasteiger partial charge in [-0.2, -0.15) is 0 Å². The van der Waals surface area contributed by atoms with Crippen molar-refractivity contribution in [1.82, 2.24) is 16.0 Å². The molecule has 0 bridgehead atoms. The van der Waals surface area contributed by atoms with Crippen LogP contribution >= 0.6 is 0 Å². The van der Waals surface area contributed by atoms with Crippen LogP contribution in [0.4, 0.5) is 0 Å². The molecule has 3 saturated carbocycles. The molecule has 0 unspecified atom stereocenters. The molecule has 3 N–H and O–H groups in total. The Morgan fingerprint density at radius 3 is 1.12 bits per heavy atom. The van der Waals surface area contributed by atoms with Crippen molar-refractivity contribution < 1.29 is 9.53 Å². The second-order valence-corrected chi connectivity index (χ2v) is 13.2. The minimum Gasteiger partial charge on any atom is -0.463 e. The second kappa shape index (κ2) is 12.7. The van der Waals surface area contributed by atoms with E-state index in [-0.39, 0.29) is 17.6 Å². The van der Waals surface area contributed by atoms with Gasteiger partial charge in [0, 0.05) is 41.7 Å². The summed E-state index contributed by atoms with van der Waals surface area (Å²) in [6.45, 7) is 21.4. The lowest BCUT2D eigenvalue weighted by molar-refractivity contribution is -0.148. The fraction of sp³-hybridized carbons (Fsp3) is 0.963. The molecule has 0 aromatic carbocycles. The Labute approximate surface area is 199 Å². The Balaban J connectivity index is 0.000000257. The third-order valence-electron chi connectivity index (χ3n) is 5.60. The number of ether oxygens (including phenoxy) is 1. The van der Waals surface area contributed by atoms with Crippen LogP contribution in [-0.2, 0) is 9.53 Å². The van der Waals surface area contributed by atoms with E-state index < -0.39 is 0 Å². The van der Waals surface area contributed by atoms with Crippen LogP contribution in [0.2, 0.25) is 0 Å². The minimum atomic E-state index is -0.151. The monoisotopic (exact) mass is 453 g/mol. The first-order valence-corrected chi connectivity index (χ1v) is 13.0. The fourth-order valence-electron chi connectivity index (χ4n) is 4.18. The molecule has 0 saturated heterocycles. The highest BCUT2D eigenvalue weighted by Crippen LogP contribution is 2.23. The molecule has 3 fully saturated rings. The van der Waals surface area contributed by atoms with Gasteiger partial charge in [-0.3, -0.25) is 4.79 Å². The lowest BCUT2D eigenvalue weighted by Crippen LogP contribution is -2.46. The van der Waals surface area contributed by atoms with Gasteiger partial charge in [0.25, 0.3) is 0 Å². The smallest absolute Gasteiger partial charge is 0.302 e. The quantitative estimate of drug-likeness (QED) is 0.476. The molecule has 3 rings (SSSR count). The first kappa shape index (κ1) is 29.4. The zero-order chi connectivity index (χ0) is 24.6. The van der Waals surface area contributed by atoms with Crippen molar-refractivity contribution in [3.05, 3.63) is 0 Å². The predicted molar refractivity (Wildman–Crippen MR) is 137 cm³/mol. The Morgan fingerprint density at radius 1 is 0.594 bits per heavy atom. The standard InChI is InChI=1S/C12H23NO2.C8H17N.C7H15N/c1-9(14)15-11-7-5-10(6-8-11)13-12(2,3)4;1-8(2,3)9-7-5-4-6-7;1-7(2,3)8-6-4-5-6/h10-11,13H,5-8H2,1-4H3;7,9H,4-6H2,1-3H3;6,8H,4-5H2,1-3H3.